The van der Waals surface area contributed by atoms with Gasteiger partial charge in [0.15, 0.2) is 0 Å². The molecule has 2 N–H and O–H groups in total. The molecule has 1 atom stereocenters. The summed E-state index contributed by atoms with van der Waals surface area (Å²) in [5.41, 5.74) is -0.327. The first-order valence-electron chi connectivity index (χ1n) is 5.53. The van der Waals surface area contributed by atoms with Crippen molar-refractivity contribution < 1.29 is 5.11 Å². The molecule has 0 fully saturated rings. The van der Waals surface area contributed by atoms with Crippen molar-refractivity contribution in [2.45, 2.75) is 19.0 Å². The summed E-state index contributed by atoms with van der Waals surface area (Å²) in [6.45, 7) is 2.77. The highest BCUT2D eigenvalue weighted by Gasteiger charge is 2.22. The number of hydrogen-bond donors (Lipinski definition) is 2. The molecule has 0 spiro atoms. The third kappa shape index (κ3) is 2.57. The molecule has 92 valence electrons. The molecule has 2 rings (SSSR count). The fraction of sp³-hybridized carbons (Fsp3) is 0.417. The third-order valence-corrected chi connectivity index (χ3v) is 3.79. The molecule has 2 heterocycles. The van der Waals surface area contributed by atoms with Gasteiger partial charge in [0.05, 0.1) is 17.0 Å². The van der Waals surface area contributed by atoms with E-state index in [1.165, 1.54) is 0 Å². The number of imidazole rings is 1. The Morgan fingerprint density at radius 1 is 1.59 bits per heavy atom. The molecule has 2 aromatic heterocycles. The lowest BCUT2D eigenvalue weighted by atomic mass is 10.0. The topological polar surface area (TPSA) is 50.1 Å². The van der Waals surface area contributed by atoms with Gasteiger partial charge in [-0.2, -0.15) is 0 Å². The Bertz CT molecular complexity index is 460. The van der Waals surface area contributed by atoms with Crippen LogP contribution in [-0.2, 0) is 6.54 Å². The van der Waals surface area contributed by atoms with Gasteiger partial charge < -0.3 is 15.0 Å². The molecule has 1 unspecified atom stereocenters. The van der Waals surface area contributed by atoms with E-state index in [-0.39, 0.29) is 12.1 Å². The fourth-order valence-electron chi connectivity index (χ4n) is 1.65. The van der Waals surface area contributed by atoms with E-state index in [4.69, 9.17) is 0 Å². The van der Waals surface area contributed by atoms with E-state index >= 15 is 0 Å². The molecular weight excluding hydrogens is 234 g/mol. The van der Waals surface area contributed by atoms with Gasteiger partial charge in [-0.25, -0.2) is 4.98 Å². The van der Waals surface area contributed by atoms with Crippen LogP contribution in [0.15, 0.2) is 29.9 Å². The van der Waals surface area contributed by atoms with Gasteiger partial charge in [0, 0.05) is 18.9 Å². The van der Waals surface area contributed by atoms with E-state index in [1.807, 2.05) is 31.6 Å². The SMILES string of the molecule is CNC(C)(CO)Cn1ccnc1-c1cccs1. The van der Waals surface area contributed by atoms with Crippen molar-refractivity contribution in [1.82, 2.24) is 14.9 Å². The van der Waals surface area contributed by atoms with Crippen LogP contribution >= 0.6 is 11.3 Å². The summed E-state index contributed by atoms with van der Waals surface area (Å²) in [6, 6.07) is 4.07. The normalized spacial score (nSPS) is 14.8. The summed E-state index contributed by atoms with van der Waals surface area (Å²) in [5, 5.41) is 14.6. The van der Waals surface area contributed by atoms with Crippen LogP contribution in [0, 0.1) is 0 Å². The highest BCUT2D eigenvalue weighted by Crippen LogP contribution is 2.24. The Kier molecular flexibility index (Phi) is 3.61. The minimum Gasteiger partial charge on any atom is -0.394 e. The molecule has 2 aromatic rings. The van der Waals surface area contributed by atoms with E-state index < -0.39 is 0 Å². The van der Waals surface area contributed by atoms with Crippen molar-refractivity contribution >= 4 is 11.3 Å². The monoisotopic (exact) mass is 251 g/mol. The van der Waals surface area contributed by atoms with E-state index in [9.17, 15) is 5.11 Å². The number of thiophene rings is 1. The van der Waals surface area contributed by atoms with Gasteiger partial charge in [0.1, 0.15) is 5.82 Å². The number of nitrogens with zero attached hydrogens (tertiary/aromatic N) is 2. The molecule has 0 aromatic carbocycles. The van der Waals surface area contributed by atoms with Gasteiger partial charge in [0.2, 0.25) is 0 Å². The van der Waals surface area contributed by atoms with Crippen LogP contribution in [0.2, 0.25) is 0 Å². The third-order valence-electron chi connectivity index (χ3n) is 2.93. The van der Waals surface area contributed by atoms with Crippen LogP contribution < -0.4 is 5.32 Å². The minimum atomic E-state index is -0.327. The Balaban J connectivity index is 2.26. The average Bonchev–Trinajstić information content (AvgIpc) is 2.98. The van der Waals surface area contributed by atoms with Crippen molar-refractivity contribution in [3.8, 4) is 10.7 Å². The molecule has 0 aliphatic rings. The molecular formula is C12H17N3OS. The summed E-state index contributed by atoms with van der Waals surface area (Å²) in [4.78, 5) is 5.52. The maximum Gasteiger partial charge on any atom is 0.150 e. The van der Waals surface area contributed by atoms with Crippen molar-refractivity contribution in [2.24, 2.45) is 0 Å². The lowest BCUT2D eigenvalue weighted by Crippen LogP contribution is -2.47. The number of rotatable bonds is 5. The molecule has 0 aliphatic carbocycles. The first-order valence-corrected chi connectivity index (χ1v) is 6.41. The zero-order chi connectivity index (χ0) is 12.3. The lowest BCUT2D eigenvalue weighted by Gasteiger charge is -2.27. The second-order valence-corrected chi connectivity index (χ2v) is 5.27. The van der Waals surface area contributed by atoms with Crippen LogP contribution in [0.5, 0.6) is 0 Å². The second-order valence-electron chi connectivity index (χ2n) is 4.32. The highest BCUT2D eigenvalue weighted by molar-refractivity contribution is 7.13. The number of nitrogens with one attached hydrogen (secondary N) is 1. The molecule has 0 radical (unpaired) electrons. The minimum absolute atomic E-state index is 0.0888. The Hall–Kier alpha value is -1.17. The standard InChI is InChI=1S/C12H17N3OS/c1-12(9-16,13-2)8-15-6-5-14-11(15)10-4-3-7-17-10/h3-7,13,16H,8-9H2,1-2H3. The Morgan fingerprint density at radius 2 is 2.41 bits per heavy atom. The quantitative estimate of drug-likeness (QED) is 0.848. The summed E-state index contributed by atoms with van der Waals surface area (Å²) in [5.74, 6) is 0.954. The molecule has 4 nitrogen and oxygen atoms in total. The van der Waals surface area contributed by atoms with Crippen molar-refractivity contribution in [3.05, 3.63) is 29.9 Å². The maximum absolute atomic E-state index is 9.41. The molecule has 5 heteroatoms. The van der Waals surface area contributed by atoms with Crippen LogP contribution in [0.25, 0.3) is 10.7 Å². The number of aliphatic hydroxyl groups excluding tert-OH is 1. The van der Waals surface area contributed by atoms with E-state index in [2.05, 4.69) is 20.9 Å². The summed E-state index contributed by atoms with van der Waals surface area (Å²) >= 11 is 1.67. The van der Waals surface area contributed by atoms with Gasteiger partial charge in [0.25, 0.3) is 0 Å². The molecule has 0 saturated heterocycles. The highest BCUT2D eigenvalue weighted by atomic mass is 32.1. The van der Waals surface area contributed by atoms with Gasteiger partial charge in [-0.15, -0.1) is 11.3 Å². The fourth-order valence-corrected chi connectivity index (χ4v) is 2.39. The van der Waals surface area contributed by atoms with E-state index in [1.54, 1.807) is 17.5 Å². The van der Waals surface area contributed by atoms with Crippen molar-refractivity contribution in [2.75, 3.05) is 13.7 Å². The number of aliphatic hydroxyl groups is 1. The number of aromatic nitrogens is 2. The molecule has 0 amide bonds. The molecule has 0 aliphatic heterocycles. The van der Waals surface area contributed by atoms with Crippen LogP contribution in [0.4, 0.5) is 0 Å². The van der Waals surface area contributed by atoms with Crippen LogP contribution in [-0.4, -0.2) is 33.9 Å². The van der Waals surface area contributed by atoms with Gasteiger partial charge in [-0.1, -0.05) is 6.07 Å². The van der Waals surface area contributed by atoms with E-state index in [0.29, 0.717) is 6.54 Å². The van der Waals surface area contributed by atoms with Gasteiger partial charge >= 0.3 is 0 Å². The first kappa shape index (κ1) is 12.3. The number of hydrogen-bond acceptors (Lipinski definition) is 4. The molecule has 17 heavy (non-hydrogen) atoms. The predicted octanol–water partition coefficient (Wildman–Crippen LogP) is 1.58. The van der Waals surface area contributed by atoms with Crippen molar-refractivity contribution in [1.29, 1.82) is 0 Å². The van der Waals surface area contributed by atoms with Gasteiger partial charge in [-0.05, 0) is 25.4 Å². The lowest BCUT2D eigenvalue weighted by molar-refractivity contribution is 0.166. The van der Waals surface area contributed by atoms with Crippen LogP contribution in [0.1, 0.15) is 6.92 Å². The Morgan fingerprint density at radius 3 is 3.00 bits per heavy atom. The Labute approximate surface area is 105 Å². The van der Waals surface area contributed by atoms with Crippen molar-refractivity contribution in [3.63, 3.8) is 0 Å². The average molecular weight is 251 g/mol. The zero-order valence-corrected chi connectivity index (χ0v) is 10.9. The summed E-state index contributed by atoms with van der Waals surface area (Å²) in [7, 11) is 1.86. The smallest absolute Gasteiger partial charge is 0.150 e. The molecule has 0 saturated carbocycles. The molecule has 0 bridgehead atoms. The largest absolute Gasteiger partial charge is 0.394 e. The first-order chi connectivity index (χ1) is 8.18. The summed E-state index contributed by atoms with van der Waals surface area (Å²) in [6.07, 6.45) is 3.74. The predicted molar refractivity (Wildman–Crippen MR) is 70.1 cm³/mol. The van der Waals surface area contributed by atoms with Crippen LogP contribution in [0.3, 0.4) is 0 Å². The summed E-state index contributed by atoms with van der Waals surface area (Å²) < 4.78 is 2.07. The van der Waals surface area contributed by atoms with Gasteiger partial charge in [-0.3, -0.25) is 0 Å². The zero-order valence-electron chi connectivity index (χ0n) is 10.1. The number of likely N-dealkylation sites (N-methyl/N-ethyl adjacent to an activating group) is 1. The second kappa shape index (κ2) is 5.00. The van der Waals surface area contributed by atoms with E-state index in [0.717, 1.165) is 10.7 Å². The maximum atomic E-state index is 9.41.